The summed E-state index contributed by atoms with van der Waals surface area (Å²) in [7, 11) is 0. The normalized spacial score (nSPS) is 19.5. The van der Waals surface area contributed by atoms with E-state index in [0.717, 1.165) is 22.2 Å². The highest BCUT2D eigenvalue weighted by Gasteiger charge is 2.43. The molecule has 0 spiro atoms. The second-order valence-corrected chi connectivity index (χ2v) is 11.0. The van der Waals surface area contributed by atoms with Gasteiger partial charge in [0.15, 0.2) is 5.78 Å². The summed E-state index contributed by atoms with van der Waals surface area (Å²) in [5, 5.41) is 4.52. The topological polar surface area (TPSA) is 80.4 Å². The molecule has 3 aromatic rings. The van der Waals surface area contributed by atoms with Crippen LogP contribution in [0.2, 0.25) is 0 Å². The number of aromatic nitrogens is 1. The van der Waals surface area contributed by atoms with Crippen molar-refractivity contribution in [3.05, 3.63) is 93.0 Å². The summed E-state index contributed by atoms with van der Waals surface area (Å²) in [6, 6.07) is 12.4. The van der Waals surface area contributed by atoms with Gasteiger partial charge in [-0.2, -0.15) is 0 Å². The summed E-state index contributed by atoms with van der Waals surface area (Å²) < 4.78 is 11.6. The molecule has 0 amide bonds. The highest BCUT2D eigenvalue weighted by atomic mass is 16.5. The average molecular weight is 527 g/mol. The zero-order valence-corrected chi connectivity index (χ0v) is 23.7. The Bertz CT molecular complexity index is 1480. The first-order valence-corrected chi connectivity index (χ1v) is 13.9. The second kappa shape index (κ2) is 10.9. The quantitative estimate of drug-likeness (QED) is 0.347. The molecule has 1 aliphatic heterocycles. The third kappa shape index (κ3) is 5.06. The Kier molecular flexibility index (Phi) is 7.50. The number of aromatic amines is 1. The van der Waals surface area contributed by atoms with Gasteiger partial charge in [-0.1, -0.05) is 29.8 Å². The maximum absolute atomic E-state index is 14.1. The molecular weight excluding hydrogens is 488 g/mol. The smallest absolute Gasteiger partial charge is 0.336 e. The van der Waals surface area contributed by atoms with E-state index in [1.165, 1.54) is 22.3 Å². The molecule has 1 aromatic heterocycles. The van der Waals surface area contributed by atoms with Gasteiger partial charge in [-0.05, 0) is 88.3 Å². The van der Waals surface area contributed by atoms with Gasteiger partial charge in [0.2, 0.25) is 0 Å². The Labute approximate surface area is 230 Å². The molecule has 0 saturated carbocycles. The van der Waals surface area contributed by atoms with E-state index in [1.54, 1.807) is 6.92 Å². The average Bonchev–Trinajstić information content (AvgIpc) is 3.35. The van der Waals surface area contributed by atoms with Crippen LogP contribution in [-0.2, 0) is 19.1 Å². The summed E-state index contributed by atoms with van der Waals surface area (Å²) in [4.78, 5) is 31.0. The SMILES string of the molecule is CCOC(=O)C1=C(COC(C)C)NC2=C(C(=O)CC(c3c(C)cc(C)cc3C)C2)C1c1cccc2[nH]ccc12. The van der Waals surface area contributed by atoms with E-state index in [1.807, 2.05) is 44.3 Å². The van der Waals surface area contributed by atoms with Crippen LogP contribution < -0.4 is 5.32 Å². The molecule has 6 nitrogen and oxygen atoms in total. The zero-order valence-electron chi connectivity index (χ0n) is 23.7. The number of ether oxygens (including phenoxy) is 2. The van der Waals surface area contributed by atoms with Crippen molar-refractivity contribution in [2.24, 2.45) is 0 Å². The first-order chi connectivity index (χ1) is 18.7. The van der Waals surface area contributed by atoms with Gasteiger partial charge in [0.05, 0.1) is 30.6 Å². The summed E-state index contributed by atoms with van der Waals surface area (Å²) in [5.74, 6) is -0.837. The second-order valence-electron chi connectivity index (χ2n) is 11.0. The monoisotopic (exact) mass is 526 g/mol. The molecule has 2 aliphatic rings. The molecule has 0 radical (unpaired) electrons. The number of carbonyl (C=O) groups is 2. The molecule has 2 aromatic carbocycles. The van der Waals surface area contributed by atoms with Crippen LogP contribution in [0.1, 0.15) is 73.3 Å². The Hall–Kier alpha value is -3.64. The van der Waals surface area contributed by atoms with E-state index in [0.29, 0.717) is 29.7 Å². The Morgan fingerprint density at radius 3 is 2.51 bits per heavy atom. The van der Waals surface area contributed by atoms with Crippen LogP contribution in [0.3, 0.4) is 0 Å². The largest absolute Gasteiger partial charge is 0.463 e. The van der Waals surface area contributed by atoms with E-state index in [9.17, 15) is 9.59 Å². The van der Waals surface area contributed by atoms with E-state index < -0.39 is 11.9 Å². The van der Waals surface area contributed by atoms with Crippen LogP contribution in [0.25, 0.3) is 10.9 Å². The molecule has 2 N–H and O–H groups in total. The van der Waals surface area contributed by atoms with Gasteiger partial charge in [-0.3, -0.25) is 4.79 Å². The van der Waals surface area contributed by atoms with Crippen molar-refractivity contribution in [2.45, 2.75) is 72.3 Å². The summed E-state index contributed by atoms with van der Waals surface area (Å²) in [6.07, 6.45) is 2.96. The molecule has 2 atom stereocenters. The molecule has 204 valence electrons. The van der Waals surface area contributed by atoms with E-state index >= 15 is 0 Å². The van der Waals surface area contributed by atoms with Crippen molar-refractivity contribution in [3.8, 4) is 0 Å². The number of nitrogens with one attached hydrogen (secondary N) is 2. The summed E-state index contributed by atoms with van der Waals surface area (Å²) in [5.41, 5.74) is 9.44. The number of hydrogen-bond acceptors (Lipinski definition) is 5. The van der Waals surface area contributed by atoms with Gasteiger partial charge in [-0.15, -0.1) is 0 Å². The molecule has 0 bridgehead atoms. The molecule has 2 unspecified atom stereocenters. The van der Waals surface area contributed by atoms with Crippen LogP contribution >= 0.6 is 0 Å². The van der Waals surface area contributed by atoms with Gasteiger partial charge in [-0.25, -0.2) is 4.79 Å². The number of esters is 1. The van der Waals surface area contributed by atoms with Crippen LogP contribution in [0.15, 0.2) is 65.1 Å². The highest BCUT2D eigenvalue weighted by molar-refractivity contribution is 6.05. The molecule has 6 heteroatoms. The third-order valence-corrected chi connectivity index (χ3v) is 7.85. The highest BCUT2D eigenvalue weighted by Crippen LogP contribution is 2.48. The number of dihydropyridines is 1. The minimum atomic E-state index is -0.542. The van der Waals surface area contributed by atoms with Crippen molar-refractivity contribution in [3.63, 3.8) is 0 Å². The number of allylic oxidation sites excluding steroid dienone is 2. The van der Waals surface area contributed by atoms with Gasteiger partial charge in [0.1, 0.15) is 0 Å². The zero-order chi connectivity index (χ0) is 27.8. The minimum absolute atomic E-state index is 0.0247. The predicted octanol–water partition coefficient (Wildman–Crippen LogP) is 6.42. The van der Waals surface area contributed by atoms with E-state index in [-0.39, 0.29) is 31.0 Å². The van der Waals surface area contributed by atoms with Crippen LogP contribution in [0.4, 0.5) is 0 Å². The molecule has 1 aliphatic carbocycles. The number of ketones is 1. The number of Topliss-reactive ketones (excluding diaryl/α,β-unsaturated/α-hetero) is 1. The number of H-pyrrole nitrogens is 1. The number of fused-ring (bicyclic) bond motifs is 1. The number of benzene rings is 2. The molecule has 0 fully saturated rings. The summed E-state index contributed by atoms with van der Waals surface area (Å²) in [6.45, 7) is 12.6. The standard InChI is InChI=1S/C33H38N2O4/c1-7-38-33(37)32-27(17-39-18(2)3)35-26-15-22(29-20(5)13-19(4)14-21(29)6)16-28(36)31(26)30(32)24-9-8-10-25-23(24)11-12-34-25/h8-14,18,22,30,34-35H,7,15-17H2,1-6H3. The van der Waals surface area contributed by atoms with E-state index in [4.69, 9.17) is 9.47 Å². The first kappa shape index (κ1) is 26.9. The number of carbonyl (C=O) groups excluding carboxylic acids is 2. The van der Waals surface area contributed by atoms with Gasteiger partial charge >= 0.3 is 5.97 Å². The lowest BCUT2D eigenvalue weighted by molar-refractivity contribution is -0.139. The molecule has 39 heavy (non-hydrogen) atoms. The number of rotatable bonds is 7. The van der Waals surface area contributed by atoms with E-state index in [2.05, 4.69) is 43.2 Å². The maximum Gasteiger partial charge on any atom is 0.336 e. The lowest BCUT2D eigenvalue weighted by Gasteiger charge is -2.38. The Balaban J connectivity index is 1.69. The fourth-order valence-corrected chi connectivity index (χ4v) is 6.48. The Morgan fingerprint density at radius 2 is 1.82 bits per heavy atom. The third-order valence-electron chi connectivity index (χ3n) is 7.85. The van der Waals surface area contributed by atoms with Crippen molar-refractivity contribution in [1.29, 1.82) is 0 Å². The number of aryl methyl sites for hydroxylation is 3. The first-order valence-electron chi connectivity index (χ1n) is 13.9. The van der Waals surface area contributed by atoms with Crippen molar-refractivity contribution in [2.75, 3.05) is 13.2 Å². The van der Waals surface area contributed by atoms with Gasteiger partial charge in [0.25, 0.3) is 0 Å². The van der Waals surface area contributed by atoms with Gasteiger partial charge in [0, 0.05) is 40.7 Å². The van der Waals surface area contributed by atoms with Crippen LogP contribution in [0.5, 0.6) is 0 Å². The minimum Gasteiger partial charge on any atom is -0.463 e. The fourth-order valence-electron chi connectivity index (χ4n) is 6.48. The van der Waals surface area contributed by atoms with Crippen LogP contribution in [-0.4, -0.2) is 36.1 Å². The van der Waals surface area contributed by atoms with Crippen molar-refractivity contribution >= 4 is 22.7 Å². The van der Waals surface area contributed by atoms with Gasteiger partial charge < -0.3 is 19.8 Å². The lowest BCUT2D eigenvalue weighted by atomic mass is 9.70. The summed E-state index contributed by atoms with van der Waals surface area (Å²) >= 11 is 0. The number of hydrogen-bond donors (Lipinski definition) is 2. The Morgan fingerprint density at radius 1 is 1.08 bits per heavy atom. The molecule has 2 heterocycles. The van der Waals surface area contributed by atoms with Crippen molar-refractivity contribution in [1.82, 2.24) is 10.3 Å². The van der Waals surface area contributed by atoms with Crippen LogP contribution in [0, 0.1) is 20.8 Å². The fraction of sp³-hybridized carbons (Fsp3) is 0.394. The maximum atomic E-state index is 14.1. The molecule has 0 saturated heterocycles. The molecular formula is C33H38N2O4. The lowest BCUT2D eigenvalue weighted by Crippen LogP contribution is -2.38. The molecule has 5 rings (SSSR count). The van der Waals surface area contributed by atoms with Crippen molar-refractivity contribution < 1.29 is 19.1 Å². The predicted molar refractivity (Wildman–Crippen MR) is 154 cm³/mol.